The molecule has 1 amide bonds. The Kier molecular flexibility index (Phi) is 7.87. The molecular formula is C23H24ClIN2O2S. The summed E-state index contributed by atoms with van der Waals surface area (Å²) in [5, 5.41) is 1.46. The number of nitrogens with zero attached hydrogens (tertiary/aromatic N) is 2. The first-order valence-corrected chi connectivity index (χ1v) is 12.0. The Bertz CT molecular complexity index is 1000. The van der Waals surface area contributed by atoms with Crippen LogP contribution in [-0.4, -0.2) is 28.1 Å². The quantitative estimate of drug-likeness (QED) is 0.298. The number of amidine groups is 1. The van der Waals surface area contributed by atoms with Crippen LogP contribution in [0.2, 0.25) is 5.02 Å². The summed E-state index contributed by atoms with van der Waals surface area (Å²) in [6.07, 6.45) is 1.92. The zero-order chi connectivity index (χ0) is 21.8. The highest BCUT2D eigenvalue weighted by Gasteiger charge is 2.35. The Balaban J connectivity index is 1.78. The molecule has 1 heterocycles. The van der Waals surface area contributed by atoms with Gasteiger partial charge in [-0.05, 0) is 91.9 Å². The van der Waals surface area contributed by atoms with E-state index in [9.17, 15) is 4.79 Å². The number of ether oxygens (including phenoxy) is 1. The summed E-state index contributed by atoms with van der Waals surface area (Å²) in [6, 6.07) is 13.8. The smallest absolute Gasteiger partial charge is 0.266 e. The highest BCUT2D eigenvalue weighted by atomic mass is 127. The Hall–Kier alpha value is -1.51. The van der Waals surface area contributed by atoms with Crippen LogP contribution in [0, 0.1) is 3.57 Å². The topological polar surface area (TPSA) is 41.9 Å². The Morgan fingerprint density at radius 3 is 2.57 bits per heavy atom. The van der Waals surface area contributed by atoms with Crippen molar-refractivity contribution in [1.82, 2.24) is 4.90 Å². The number of carbonyl (C=O) groups excluding carboxylic acids is 1. The van der Waals surface area contributed by atoms with Crippen molar-refractivity contribution in [2.45, 2.75) is 46.4 Å². The fourth-order valence-corrected chi connectivity index (χ4v) is 5.02. The minimum absolute atomic E-state index is 0.00320. The van der Waals surface area contributed by atoms with Crippen LogP contribution >= 0.6 is 46.0 Å². The van der Waals surface area contributed by atoms with Crippen LogP contribution in [0.3, 0.4) is 0 Å². The molecule has 0 aromatic heterocycles. The van der Waals surface area contributed by atoms with Gasteiger partial charge in [-0.15, -0.1) is 0 Å². The molecule has 0 atom stereocenters. The molecule has 158 valence electrons. The van der Waals surface area contributed by atoms with Gasteiger partial charge in [-0.25, -0.2) is 0 Å². The second kappa shape index (κ2) is 10.2. The van der Waals surface area contributed by atoms with Gasteiger partial charge >= 0.3 is 0 Å². The van der Waals surface area contributed by atoms with E-state index in [-0.39, 0.29) is 18.0 Å². The van der Waals surface area contributed by atoms with Crippen molar-refractivity contribution in [3.05, 3.63) is 67.1 Å². The molecule has 0 N–H and O–H groups in total. The summed E-state index contributed by atoms with van der Waals surface area (Å²) in [6.45, 7) is 8.45. The van der Waals surface area contributed by atoms with Crippen molar-refractivity contribution < 1.29 is 9.53 Å². The van der Waals surface area contributed by atoms with Gasteiger partial charge in [0, 0.05) is 22.7 Å². The number of hydrogen-bond acceptors (Lipinski definition) is 4. The lowest BCUT2D eigenvalue weighted by atomic mass is 10.2. The number of carbonyl (C=O) groups is 1. The van der Waals surface area contributed by atoms with Gasteiger partial charge in [-0.3, -0.25) is 14.7 Å². The summed E-state index contributed by atoms with van der Waals surface area (Å²) < 4.78 is 6.92. The molecule has 1 aliphatic rings. The third-order valence-electron chi connectivity index (χ3n) is 4.32. The van der Waals surface area contributed by atoms with Gasteiger partial charge in [-0.1, -0.05) is 35.9 Å². The predicted octanol–water partition coefficient (Wildman–Crippen LogP) is 6.61. The van der Waals surface area contributed by atoms with E-state index in [1.165, 1.54) is 11.8 Å². The third-order valence-corrected chi connectivity index (χ3v) is 6.53. The first-order valence-electron chi connectivity index (χ1n) is 9.73. The van der Waals surface area contributed by atoms with Crippen LogP contribution < -0.4 is 4.74 Å². The van der Waals surface area contributed by atoms with Gasteiger partial charge in [0.15, 0.2) is 5.17 Å². The molecule has 3 rings (SSSR count). The highest BCUT2D eigenvalue weighted by Crippen LogP contribution is 2.35. The minimum Gasteiger partial charge on any atom is -0.488 e. The number of amides is 1. The van der Waals surface area contributed by atoms with E-state index in [1.54, 1.807) is 4.90 Å². The zero-order valence-corrected chi connectivity index (χ0v) is 21.1. The number of halogens is 2. The highest BCUT2D eigenvalue weighted by molar-refractivity contribution is 14.1. The summed E-state index contributed by atoms with van der Waals surface area (Å²) >= 11 is 9.89. The van der Waals surface area contributed by atoms with E-state index in [0.29, 0.717) is 16.5 Å². The van der Waals surface area contributed by atoms with Gasteiger partial charge in [0.1, 0.15) is 12.4 Å². The van der Waals surface area contributed by atoms with Crippen molar-refractivity contribution in [2.24, 2.45) is 4.99 Å². The molecule has 1 aliphatic heterocycles. The van der Waals surface area contributed by atoms with Crippen LogP contribution in [0.25, 0.3) is 6.08 Å². The predicted molar refractivity (Wildman–Crippen MR) is 135 cm³/mol. The average Bonchev–Trinajstić information content (AvgIpc) is 2.96. The molecule has 0 unspecified atom stereocenters. The maximum atomic E-state index is 12.9. The van der Waals surface area contributed by atoms with E-state index in [1.807, 2.05) is 76.2 Å². The molecule has 7 heteroatoms. The zero-order valence-electron chi connectivity index (χ0n) is 17.4. The van der Waals surface area contributed by atoms with Crippen LogP contribution in [-0.2, 0) is 11.4 Å². The van der Waals surface area contributed by atoms with Crippen LogP contribution in [0.15, 0.2) is 52.4 Å². The molecule has 0 spiro atoms. The SMILES string of the molecule is CC(C)N=C1S/C(=C/c2ccc(OCc3ccccc3Cl)c(I)c2)C(=O)N1C(C)C. The fraction of sp³-hybridized carbons (Fsp3) is 0.304. The largest absolute Gasteiger partial charge is 0.488 e. The maximum absolute atomic E-state index is 12.9. The Labute approximate surface area is 200 Å². The third kappa shape index (κ3) is 5.59. The van der Waals surface area contributed by atoms with Gasteiger partial charge in [0.05, 0.1) is 8.48 Å². The molecular weight excluding hydrogens is 531 g/mol. The van der Waals surface area contributed by atoms with Gasteiger partial charge in [0.2, 0.25) is 0 Å². The second-order valence-corrected chi connectivity index (χ2v) is 10.0. The van der Waals surface area contributed by atoms with E-state index in [2.05, 4.69) is 27.6 Å². The van der Waals surface area contributed by atoms with Crippen LogP contribution in [0.5, 0.6) is 5.75 Å². The molecule has 4 nitrogen and oxygen atoms in total. The van der Waals surface area contributed by atoms with Crippen LogP contribution in [0.4, 0.5) is 0 Å². The number of benzene rings is 2. The lowest BCUT2D eigenvalue weighted by molar-refractivity contribution is -0.123. The van der Waals surface area contributed by atoms with E-state index < -0.39 is 0 Å². The summed E-state index contributed by atoms with van der Waals surface area (Å²) in [5.41, 5.74) is 1.90. The van der Waals surface area contributed by atoms with E-state index >= 15 is 0 Å². The number of hydrogen-bond donors (Lipinski definition) is 0. The molecule has 0 saturated carbocycles. The van der Waals surface area contributed by atoms with Crippen molar-refractivity contribution in [3.8, 4) is 5.75 Å². The molecule has 1 fully saturated rings. The van der Waals surface area contributed by atoms with Crippen molar-refractivity contribution >= 4 is 63.1 Å². The lowest BCUT2D eigenvalue weighted by Crippen LogP contribution is -2.35. The van der Waals surface area contributed by atoms with E-state index in [4.69, 9.17) is 16.3 Å². The summed E-state index contributed by atoms with van der Waals surface area (Å²) in [7, 11) is 0. The summed E-state index contributed by atoms with van der Waals surface area (Å²) in [4.78, 5) is 20.0. The number of aliphatic imine (C=N–C) groups is 1. The second-order valence-electron chi connectivity index (χ2n) is 7.45. The lowest BCUT2D eigenvalue weighted by Gasteiger charge is -2.20. The number of thioether (sulfide) groups is 1. The van der Waals surface area contributed by atoms with Gasteiger partial charge in [0.25, 0.3) is 5.91 Å². The van der Waals surface area contributed by atoms with Crippen LogP contribution in [0.1, 0.15) is 38.8 Å². The maximum Gasteiger partial charge on any atom is 0.266 e. The molecule has 30 heavy (non-hydrogen) atoms. The first-order chi connectivity index (χ1) is 14.3. The molecule has 0 radical (unpaired) electrons. The molecule has 0 aliphatic carbocycles. The van der Waals surface area contributed by atoms with E-state index in [0.717, 1.165) is 25.6 Å². The molecule has 0 bridgehead atoms. The minimum atomic E-state index is 0.00320. The fourth-order valence-electron chi connectivity index (χ4n) is 2.90. The molecule has 2 aromatic carbocycles. The molecule has 1 saturated heterocycles. The van der Waals surface area contributed by atoms with Crippen molar-refractivity contribution in [3.63, 3.8) is 0 Å². The number of rotatable bonds is 6. The van der Waals surface area contributed by atoms with Gasteiger partial charge in [-0.2, -0.15) is 0 Å². The summed E-state index contributed by atoms with van der Waals surface area (Å²) in [5.74, 6) is 0.789. The standard InChI is InChI=1S/C23H24ClIN2O2S/c1-14(2)26-23-27(15(3)4)22(28)21(30-23)12-16-9-10-20(19(25)11-16)29-13-17-7-5-6-8-18(17)24/h5-12,14-15H,13H2,1-4H3/b21-12+,26-23?. The molecule has 2 aromatic rings. The Morgan fingerprint density at radius 1 is 1.20 bits per heavy atom. The Morgan fingerprint density at radius 2 is 1.93 bits per heavy atom. The first kappa shape index (κ1) is 23.2. The monoisotopic (exact) mass is 554 g/mol. The van der Waals surface area contributed by atoms with Crippen molar-refractivity contribution in [1.29, 1.82) is 0 Å². The van der Waals surface area contributed by atoms with Crippen molar-refractivity contribution in [2.75, 3.05) is 0 Å². The normalized spacial score (nSPS) is 17.1. The average molecular weight is 555 g/mol. The van der Waals surface area contributed by atoms with Gasteiger partial charge < -0.3 is 4.74 Å².